The van der Waals surface area contributed by atoms with Crippen LogP contribution in [0.5, 0.6) is 0 Å². The summed E-state index contributed by atoms with van der Waals surface area (Å²) >= 11 is 0. The van der Waals surface area contributed by atoms with E-state index in [9.17, 15) is 9.90 Å². The van der Waals surface area contributed by atoms with Gasteiger partial charge in [-0.3, -0.25) is 4.79 Å². The Morgan fingerprint density at radius 1 is 1.29 bits per heavy atom. The molecule has 0 aliphatic carbocycles. The lowest BCUT2D eigenvalue weighted by atomic mass is 10.00. The number of rotatable bonds is 1. The second kappa shape index (κ2) is 4.20. The van der Waals surface area contributed by atoms with Crippen LogP contribution in [0.4, 0.5) is 0 Å². The minimum Gasteiger partial charge on any atom is -0.457 e. The van der Waals surface area contributed by atoms with Crippen LogP contribution in [-0.4, -0.2) is 47.6 Å². The molecule has 0 aromatic heterocycles. The molecule has 5 atom stereocenters. The summed E-state index contributed by atoms with van der Waals surface area (Å²) < 4.78 is 21.7. The van der Waals surface area contributed by atoms with Crippen molar-refractivity contribution in [3.05, 3.63) is 0 Å². The van der Waals surface area contributed by atoms with Crippen molar-refractivity contribution in [2.45, 2.75) is 64.2 Å². The molecule has 0 spiro atoms. The highest BCUT2D eigenvalue weighted by atomic mass is 16.8. The molecule has 2 aliphatic heterocycles. The minimum atomic E-state index is -1.07. The summed E-state index contributed by atoms with van der Waals surface area (Å²) in [6.07, 6.45) is -3.21. The average molecular weight is 246 g/mol. The summed E-state index contributed by atoms with van der Waals surface area (Å²) in [5.74, 6) is -1.23. The van der Waals surface area contributed by atoms with Gasteiger partial charge in [0.25, 0.3) is 0 Å². The molecule has 1 N–H and O–H groups in total. The molecule has 6 heteroatoms. The van der Waals surface area contributed by atoms with Gasteiger partial charge in [0.15, 0.2) is 18.2 Å². The highest BCUT2D eigenvalue weighted by molar-refractivity contribution is 5.66. The largest absolute Gasteiger partial charge is 0.457 e. The van der Waals surface area contributed by atoms with Crippen molar-refractivity contribution >= 4 is 5.97 Å². The monoisotopic (exact) mass is 246 g/mol. The number of hydrogen-bond acceptors (Lipinski definition) is 6. The maximum absolute atomic E-state index is 11.1. The smallest absolute Gasteiger partial charge is 0.303 e. The Balaban J connectivity index is 2.19. The lowest BCUT2D eigenvalue weighted by Crippen LogP contribution is -2.56. The average Bonchev–Trinajstić information content (AvgIpc) is 2.49. The van der Waals surface area contributed by atoms with Crippen LogP contribution in [0.3, 0.4) is 0 Å². The number of carbonyl (C=O) groups is 1. The Labute approximate surface area is 99.8 Å². The van der Waals surface area contributed by atoms with E-state index < -0.39 is 42.5 Å². The van der Waals surface area contributed by atoms with Crippen LogP contribution in [0.2, 0.25) is 0 Å². The third kappa shape index (κ3) is 2.44. The summed E-state index contributed by atoms with van der Waals surface area (Å²) in [4.78, 5) is 11.1. The van der Waals surface area contributed by atoms with Crippen molar-refractivity contribution in [1.29, 1.82) is 0 Å². The van der Waals surface area contributed by atoms with Crippen LogP contribution in [0, 0.1) is 0 Å². The van der Waals surface area contributed by atoms with Gasteiger partial charge in [0.2, 0.25) is 0 Å². The first-order valence-corrected chi connectivity index (χ1v) is 5.66. The first kappa shape index (κ1) is 12.8. The molecule has 2 aliphatic rings. The normalized spacial score (nSPS) is 44.2. The van der Waals surface area contributed by atoms with E-state index in [1.165, 1.54) is 6.92 Å². The molecule has 0 saturated carbocycles. The van der Waals surface area contributed by atoms with Crippen LogP contribution in [0.25, 0.3) is 0 Å². The van der Waals surface area contributed by atoms with Gasteiger partial charge in [-0.05, 0) is 20.8 Å². The fraction of sp³-hybridized carbons (Fsp3) is 0.909. The Morgan fingerprint density at radius 2 is 1.88 bits per heavy atom. The number of aliphatic hydroxyl groups excluding tert-OH is 1. The first-order valence-electron chi connectivity index (χ1n) is 5.66. The Kier molecular flexibility index (Phi) is 3.15. The third-order valence-electron chi connectivity index (χ3n) is 2.89. The van der Waals surface area contributed by atoms with Gasteiger partial charge in [-0.2, -0.15) is 0 Å². The molecule has 0 aromatic rings. The van der Waals surface area contributed by atoms with E-state index in [-0.39, 0.29) is 0 Å². The van der Waals surface area contributed by atoms with Gasteiger partial charge < -0.3 is 24.1 Å². The zero-order valence-corrected chi connectivity index (χ0v) is 10.4. The lowest BCUT2D eigenvalue weighted by Gasteiger charge is -2.38. The molecule has 0 radical (unpaired) electrons. The minimum absolute atomic E-state index is 0.408. The van der Waals surface area contributed by atoms with Crippen LogP contribution < -0.4 is 0 Å². The number of ether oxygens (including phenoxy) is 4. The number of fused-ring (bicyclic) bond motifs is 1. The van der Waals surface area contributed by atoms with Crippen LogP contribution in [-0.2, 0) is 23.7 Å². The Bertz CT molecular complexity index is 315. The zero-order chi connectivity index (χ0) is 12.8. The van der Waals surface area contributed by atoms with Crippen molar-refractivity contribution in [2.24, 2.45) is 0 Å². The molecule has 17 heavy (non-hydrogen) atoms. The molecule has 2 heterocycles. The van der Waals surface area contributed by atoms with Crippen molar-refractivity contribution in [3.8, 4) is 0 Å². The van der Waals surface area contributed by atoms with Gasteiger partial charge in [-0.1, -0.05) is 0 Å². The van der Waals surface area contributed by atoms with E-state index in [4.69, 9.17) is 18.9 Å². The summed E-state index contributed by atoms with van der Waals surface area (Å²) in [5, 5.41) is 9.77. The van der Waals surface area contributed by atoms with Gasteiger partial charge >= 0.3 is 5.97 Å². The Hall–Kier alpha value is -0.690. The van der Waals surface area contributed by atoms with Gasteiger partial charge in [0, 0.05) is 6.92 Å². The van der Waals surface area contributed by atoms with E-state index in [2.05, 4.69) is 0 Å². The number of esters is 1. The summed E-state index contributed by atoms with van der Waals surface area (Å²) in [6.45, 7) is 6.54. The summed E-state index contributed by atoms with van der Waals surface area (Å²) in [5.41, 5.74) is 0. The predicted molar refractivity (Wildman–Crippen MR) is 55.9 cm³/mol. The fourth-order valence-electron chi connectivity index (χ4n) is 2.29. The van der Waals surface area contributed by atoms with Crippen molar-refractivity contribution in [1.82, 2.24) is 0 Å². The number of carbonyl (C=O) groups excluding carboxylic acids is 1. The second-order valence-corrected chi connectivity index (χ2v) is 4.87. The zero-order valence-electron chi connectivity index (χ0n) is 10.4. The predicted octanol–water partition coefficient (Wildman–Crippen LogP) is 0.175. The molecule has 0 aromatic carbocycles. The molecule has 6 nitrogen and oxygen atoms in total. The van der Waals surface area contributed by atoms with E-state index >= 15 is 0 Å². The number of hydrogen-bond donors (Lipinski definition) is 1. The second-order valence-electron chi connectivity index (χ2n) is 4.87. The first-order chi connectivity index (χ1) is 7.80. The number of aliphatic hydroxyl groups is 1. The molecule has 0 amide bonds. The highest BCUT2D eigenvalue weighted by Crippen LogP contribution is 2.37. The van der Waals surface area contributed by atoms with Crippen molar-refractivity contribution < 1.29 is 28.8 Å². The van der Waals surface area contributed by atoms with Crippen molar-refractivity contribution in [2.75, 3.05) is 0 Å². The van der Waals surface area contributed by atoms with Crippen LogP contribution in [0.15, 0.2) is 0 Å². The molecule has 2 fully saturated rings. The van der Waals surface area contributed by atoms with E-state index in [0.717, 1.165) is 0 Å². The molecule has 2 rings (SSSR count). The fourth-order valence-corrected chi connectivity index (χ4v) is 2.29. The van der Waals surface area contributed by atoms with Crippen molar-refractivity contribution in [3.63, 3.8) is 0 Å². The van der Waals surface area contributed by atoms with E-state index in [0.29, 0.717) is 0 Å². The molecule has 0 unspecified atom stereocenters. The standard InChI is InChI=1S/C11H18O6/c1-5-7(15-6(2)12)8-9(10(13)14-5)17-11(3,4)16-8/h5,7-10,13H,1-4H3/t5-,7-,8+,9+,10+/m0/s1. The van der Waals surface area contributed by atoms with Gasteiger partial charge in [-0.25, -0.2) is 0 Å². The maximum atomic E-state index is 11.1. The SMILES string of the molecule is CC(=O)O[C@@H]1[C@H]2OC(C)(C)O[C@H]2[C@H](O)O[C@H]1C. The maximum Gasteiger partial charge on any atom is 0.303 e. The van der Waals surface area contributed by atoms with Crippen LogP contribution >= 0.6 is 0 Å². The molecular weight excluding hydrogens is 228 g/mol. The lowest BCUT2D eigenvalue weighted by molar-refractivity contribution is -0.257. The quantitative estimate of drug-likeness (QED) is 0.665. The Morgan fingerprint density at radius 3 is 2.47 bits per heavy atom. The molecule has 2 saturated heterocycles. The molecular formula is C11H18O6. The van der Waals surface area contributed by atoms with Gasteiger partial charge in [0.1, 0.15) is 12.2 Å². The van der Waals surface area contributed by atoms with Gasteiger partial charge in [0.05, 0.1) is 6.10 Å². The topological polar surface area (TPSA) is 74.2 Å². The summed E-state index contributed by atoms with van der Waals surface area (Å²) in [6, 6.07) is 0. The van der Waals surface area contributed by atoms with Gasteiger partial charge in [-0.15, -0.1) is 0 Å². The highest BCUT2D eigenvalue weighted by Gasteiger charge is 2.55. The molecule has 0 bridgehead atoms. The van der Waals surface area contributed by atoms with E-state index in [1.54, 1.807) is 20.8 Å². The third-order valence-corrected chi connectivity index (χ3v) is 2.89. The van der Waals surface area contributed by atoms with E-state index in [1.807, 2.05) is 0 Å². The molecule has 98 valence electrons. The van der Waals surface area contributed by atoms with Crippen LogP contribution in [0.1, 0.15) is 27.7 Å². The summed E-state index contributed by atoms with van der Waals surface area (Å²) in [7, 11) is 0.